The normalized spacial score (nSPS) is 39.1. The number of carbonyl (C=O) groups is 2. The van der Waals surface area contributed by atoms with Crippen molar-refractivity contribution in [3.63, 3.8) is 0 Å². The van der Waals surface area contributed by atoms with Gasteiger partial charge in [-0.25, -0.2) is 9.38 Å². The second kappa shape index (κ2) is 9.68. The van der Waals surface area contributed by atoms with E-state index in [0.29, 0.717) is 36.2 Å². The van der Waals surface area contributed by atoms with Crippen molar-refractivity contribution in [1.29, 1.82) is 0 Å². The van der Waals surface area contributed by atoms with Gasteiger partial charge in [-0.05, 0) is 57.4 Å². The number of amides is 2. The van der Waals surface area contributed by atoms with Gasteiger partial charge in [0.15, 0.2) is 5.17 Å². The molecule has 1 aliphatic carbocycles. The smallest absolute Gasteiger partial charge is 0.257 e. The van der Waals surface area contributed by atoms with Crippen molar-refractivity contribution in [1.82, 2.24) is 10.2 Å². The number of piperidine rings is 1. The lowest BCUT2D eigenvalue weighted by Crippen LogP contribution is -2.67. The molecule has 2 saturated heterocycles. The Hall–Kier alpha value is -1.48. The molecule has 0 aromatic carbocycles. The summed E-state index contributed by atoms with van der Waals surface area (Å²) in [6.45, 7) is 8.93. The first-order valence-electron chi connectivity index (χ1n) is 12.6. The molecule has 200 valence electrons. The number of aliphatic imine (C=N–C) groups is 1. The molecule has 2 amide bonds. The summed E-state index contributed by atoms with van der Waals surface area (Å²) < 4.78 is 19.7. The molecule has 3 aliphatic rings. The summed E-state index contributed by atoms with van der Waals surface area (Å²) in [5.41, 5.74) is 11.5. The standard InChI is InChI=1S/C25H39FN5O3PS/c1-15(2)18-12-25(26,35)23(4,27)14-24(18,28)30-21-29-20(33)22(3,36-21)11-16-5-8-31(9-6-16)19(32)17-7-10-34-13-17/h7,10,13,15-16,18H,5-6,8-9,11-12,14,27-28,35H2,1-4H3,(H,29,30,33). The van der Waals surface area contributed by atoms with E-state index in [1.165, 1.54) is 24.3 Å². The van der Waals surface area contributed by atoms with Crippen LogP contribution in [0.4, 0.5) is 4.39 Å². The van der Waals surface area contributed by atoms with E-state index in [2.05, 4.69) is 14.6 Å². The fraction of sp³-hybridized carbons (Fsp3) is 0.720. The summed E-state index contributed by atoms with van der Waals surface area (Å²) in [7, 11) is 2.28. The van der Waals surface area contributed by atoms with Gasteiger partial charge >= 0.3 is 0 Å². The maximum absolute atomic E-state index is 15.3. The number of nitrogens with zero attached hydrogens (tertiary/aromatic N) is 2. The van der Waals surface area contributed by atoms with Gasteiger partial charge < -0.3 is 26.1 Å². The molecule has 36 heavy (non-hydrogen) atoms. The van der Waals surface area contributed by atoms with Crippen LogP contribution >= 0.6 is 21.0 Å². The SMILES string of the molecule is CC(C)C1CC(F)(P)C(C)(N)CC1(N)/N=C1/NC(=O)C(C)(CC2CCN(C(=O)c3ccoc3)CC2)S1. The third-order valence-corrected chi connectivity index (χ3v) is 10.3. The highest BCUT2D eigenvalue weighted by Crippen LogP contribution is 2.52. The Morgan fingerprint density at radius 1 is 1.36 bits per heavy atom. The monoisotopic (exact) mass is 539 g/mol. The molecular weight excluding hydrogens is 500 g/mol. The molecule has 0 radical (unpaired) electrons. The first kappa shape index (κ1) is 27.6. The number of hydrogen-bond acceptors (Lipinski definition) is 7. The van der Waals surface area contributed by atoms with Crippen LogP contribution in [0.15, 0.2) is 28.0 Å². The van der Waals surface area contributed by atoms with Gasteiger partial charge in [0.2, 0.25) is 5.91 Å². The van der Waals surface area contributed by atoms with Crippen molar-refractivity contribution in [3.8, 4) is 0 Å². The number of carbonyl (C=O) groups excluding carboxylic acids is 2. The van der Waals surface area contributed by atoms with Gasteiger partial charge in [-0.2, -0.15) is 0 Å². The second-order valence-corrected chi connectivity index (χ2v) is 14.1. The lowest BCUT2D eigenvalue weighted by molar-refractivity contribution is -0.121. The van der Waals surface area contributed by atoms with Crippen LogP contribution in [0.5, 0.6) is 0 Å². The van der Waals surface area contributed by atoms with E-state index in [1.54, 1.807) is 13.0 Å². The summed E-state index contributed by atoms with van der Waals surface area (Å²) >= 11 is 1.40. The predicted molar refractivity (Wildman–Crippen MR) is 144 cm³/mol. The summed E-state index contributed by atoms with van der Waals surface area (Å²) in [6.07, 6.45) is 5.65. The van der Waals surface area contributed by atoms with Crippen LogP contribution in [0.1, 0.15) is 70.2 Å². The second-order valence-electron chi connectivity index (χ2n) is 11.7. The Balaban J connectivity index is 1.43. The number of halogens is 1. The van der Waals surface area contributed by atoms with Gasteiger partial charge in [-0.1, -0.05) is 34.8 Å². The number of nitrogens with one attached hydrogen (secondary N) is 1. The Kier molecular flexibility index (Phi) is 7.41. The highest BCUT2D eigenvalue weighted by Gasteiger charge is 2.58. The number of alkyl halides is 1. The summed E-state index contributed by atoms with van der Waals surface area (Å²) in [5.74, 6) is 0.0543. The number of furan rings is 1. The molecule has 0 bridgehead atoms. The molecule has 3 fully saturated rings. The lowest BCUT2D eigenvalue weighted by atomic mass is 9.66. The molecule has 4 rings (SSSR count). The van der Waals surface area contributed by atoms with E-state index in [9.17, 15) is 9.59 Å². The molecule has 11 heteroatoms. The van der Waals surface area contributed by atoms with Crippen molar-refractivity contribution in [2.45, 2.75) is 81.2 Å². The zero-order valence-corrected chi connectivity index (χ0v) is 23.5. The van der Waals surface area contributed by atoms with E-state index < -0.39 is 21.4 Å². The highest BCUT2D eigenvalue weighted by molar-refractivity contribution is 8.16. The Labute approximate surface area is 219 Å². The van der Waals surface area contributed by atoms with Crippen LogP contribution in [0.25, 0.3) is 0 Å². The Morgan fingerprint density at radius 3 is 2.61 bits per heavy atom. The molecule has 2 aliphatic heterocycles. The van der Waals surface area contributed by atoms with Crippen molar-refractivity contribution in [3.05, 3.63) is 24.2 Å². The number of amidine groups is 1. The maximum Gasteiger partial charge on any atom is 0.257 e. The van der Waals surface area contributed by atoms with Gasteiger partial charge in [0, 0.05) is 25.4 Å². The van der Waals surface area contributed by atoms with E-state index in [4.69, 9.17) is 20.9 Å². The minimum atomic E-state index is -1.64. The summed E-state index contributed by atoms with van der Waals surface area (Å²) in [5, 5.41) is 1.78. The zero-order valence-electron chi connectivity index (χ0n) is 21.6. The van der Waals surface area contributed by atoms with E-state index in [1.807, 2.05) is 25.7 Å². The van der Waals surface area contributed by atoms with Crippen LogP contribution < -0.4 is 16.8 Å². The Morgan fingerprint density at radius 2 is 2.03 bits per heavy atom. The first-order chi connectivity index (χ1) is 16.7. The minimum absolute atomic E-state index is 0.0223. The average Bonchev–Trinajstić information content (AvgIpc) is 3.39. The van der Waals surface area contributed by atoms with Crippen LogP contribution in [-0.4, -0.2) is 56.3 Å². The average molecular weight is 540 g/mol. The van der Waals surface area contributed by atoms with Gasteiger partial charge in [-0.15, -0.1) is 0 Å². The van der Waals surface area contributed by atoms with Crippen LogP contribution in [0.3, 0.4) is 0 Å². The maximum atomic E-state index is 15.3. The molecule has 1 aromatic heterocycles. The number of rotatable bonds is 5. The van der Waals surface area contributed by atoms with Crippen LogP contribution in [0.2, 0.25) is 0 Å². The number of likely N-dealkylation sites (tertiary alicyclic amines) is 1. The molecule has 6 atom stereocenters. The highest BCUT2D eigenvalue weighted by atomic mass is 32.2. The number of nitrogens with two attached hydrogens (primary N) is 2. The molecule has 1 aromatic rings. The quantitative estimate of drug-likeness (QED) is 0.492. The van der Waals surface area contributed by atoms with E-state index in [-0.39, 0.29) is 36.5 Å². The molecule has 6 unspecified atom stereocenters. The summed E-state index contributed by atoms with van der Waals surface area (Å²) in [4.78, 5) is 32.4. The topological polar surface area (TPSA) is 127 Å². The summed E-state index contributed by atoms with van der Waals surface area (Å²) in [6, 6.07) is 1.68. The third kappa shape index (κ3) is 5.24. The predicted octanol–water partition coefficient (Wildman–Crippen LogP) is 3.48. The van der Waals surface area contributed by atoms with Crippen molar-refractivity contribution in [2.75, 3.05) is 13.1 Å². The van der Waals surface area contributed by atoms with Gasteiger partial charge in [0.1, 0.15) is 17.3 Å². The van der Waals surface area contributed by atoms with E-state index >= 15 is 4.39 Å². The number of thioether (sulfide) groups is 1. The largest absolute Gasteiger partial charge is 0.472 e. The first-order valence-corrected chi connectivity index (χ1v) is 14.0. The van der Waals surface area contributed by atoms with Crippen molar-refractivity contribution in [2.24, 2.45) is 34.2 Å². The van der Waals surface area contributed by atoms with Gasteiger partial charge in [0.05, 0.1) is 22.1 Å². The fourth-order valence-electron chi connectivity index (χ4n) is 5.88. The van der Waals surface area contributed by atoms with Crippen LogP contribution in [0, 0.1) is 17.8 Å². The lowest BCUT2D eigenvalue weighted by Gasteiger charge is -2.53. The molecule has 0 spiro atoms. The molecule has 1 saturated carbocycles. The molecule has 5 N–H and O–H groups in total. The zero-order chi connectivity index (χ0) is 26.5. The van der Waals surface area contributed by atoms with Crippen molar-refractivity contribution < 1.29 is 18.4 Å². The van der Waals surface area contributed by atoms with Gasteiger partial charge in [-0.3, -0.25) is 9.59 Å². The minimum Gasteiger partial charge on any atom is -0.472 e. The van der Waals surface area contributed by atoms with Gasteiger partial charge in [0.25, 0.3) is 5.91 Å². The third-order valence-electron chi connectivity index (χ3n) is 8.24. The number of hydrogen-bond donors (Lipinski definition) is 3. The Bertz CT molecular complexity index is 1020. The molecule has 8 nitrogen and oxygen atoms in total. The fourth-order valence-corrected chi connectivity index (χ4v) is 7.48. The molecular formula is C25H39FN5O3PS. The molecule has 3 heterocycles. The van der Waals surface area contributed by atoms with Crippen molar-refractivity contribution >= 4 is 38.0 Å². The van der Waals surface area contributed by atoms with E-state index in [0.717, 1.165) is 12.8 Å². The van der Waals surface area contributed by atoms with Crippen LogP contribution in [-0.2, 0) is 4.79 Å².